The van der Waals surface area contributed by atoms with Crippen LogP contribution in [-0.4, -0.2) is 51.1 Å². The molecule has 0 saturated carbocycles. The largest absolute Gasteiger partial charge is 0.355 e. The van der Waals surface area contributed by atoms with Gasteiger partial charge in [0.05, 0.1) is 6.54 Å². The zero-order chi connectivity index (χ0) is 14.8. The smallest absolute Gasteiger partial charge is 0.233 e. The number of nitrogens with one attached hydrogen (secondary N) is 2. The first kappa shape index (κ1) is 16.6. The van der Waals surface area contributed by atoms with Crippen LogP contribution in [0.4, 0.5) is 4.39 Å². The van der Waals surface area contributed by atoms with E-state index in [1.165, 1.54) is 12.1 Å². The van der Waals surface area contributed by atoms with Crippen molar-refractivity contribution in [1.29, 1.82) is 0 Å². The fraction of sp³-hybridized carbons (Fsp3) is 0.533. The summed E-state index contributed by atoms with van der Waals surface area (Å²) >= 11 is 0. The molecule has 0 aromatic heterocycles. The molecular formula is C15H24FN3O. The van der Waals surface area contributed by atoms with E-state index in [1.807, 2.05) is 14.1 Å². The number of halogens is 1. The average molecular weight is 281 g/mol. The van der Waals surface area contributed by atoms with Gasteiger partial charge >= 0.3 is 0 Å². The van der Waals surface area contributed by atoms with Crippen molar-refractivity contribution in [2.24, 2.45) is 0 Å². The van der Waals surface area contributed by atoms with Gasteiger partial charge in [-0.15, -0.1) is 0 Å². The Hall–Kier alpha value is -1.46. The number of benzene rings is 1. The molecule has 1 amide bonds. The van der Waals surface area contributed by atoms with Crippen molar-refractivity contribution in [3.05, 3.63) is 35.6 Å². The lowest BCUT2D eigenvalue weighted by atomic mass is 10.1. The van der Waals surface area contributed by atoms with Crippen molar-refractivity contribution in [2.75, 3.05) is 40.3 Å². The molecule has 4 nitrogen and oxygen atoms in total. The maximum atomic E-state index is 12.7. The van der Waals surface area contributed by atoms with Crippen LogP contribution in [-0.2, 0) is 11.2 Å². The van der Waals surface area contributed by atoms with Crippen molar-refractivity contribution in [3.63, 3.8) is 0 Å². The Labute approximate surface area is 120 Å². The Kier molecular flexibility index (Phi) is 7.84. The predicted molar refractivity (Wildman–Crippen MR) is 79.2 cm³/mol. The summed E-state index contributed by atoms with van der Waals surface area (Å²) in [5, 5.41) is 5.95. The van der Waals surface area contributed by atoms with Crippen LogP contribution >= 0.6 is 0 Å². The Morgan fingerprint density at radius 1 is 1.20 bits per heavy atom. The van der Waals surface area contributed by atoms with E-state index in [9.17, 15) is 9.18 Å². The minimum Gasteiger partial charge on any atom is -0.355 e. The van der Waals surface area contributed by atoms with E-state index in [2.05, 4.69) is 15.5 Å². The molecule has 0 bridgehead atoms. The highest BCUT2D eigenvalue weighted by Crippen LogP contribution is 2.02. The number of carbonyl (C=O) groups excluding carboxylic acids is 1. The minimum atomic E-state index is -0.236. The van der Waals surface area contributed by atoms with Gasteiger partial charge in [-0.25, -0.2) is 4.39 Å². The average Bonchev–Trinajstić information content (AvgIpc) is 2.40. The zero-order valence-electron chi connectivity index (χ0n) is 12.3. The van der Waals surface area contributed by atoms with E-state index in [0.29, 0.717) is 19.5 Å². The second-order valence-electron chi connectivity index (χ2n) is 5.06. The third-order valence-electron chi connectivity index (χ3n) is 2.89. The highest BCUT2D eigenvalue weighted by atomic mass is 19.1. The Morgan fingerprint density at radius 3 is 2.55 bits per heavy atom. The number of amides is 1. The number of rotatable bonds is 9. The highest BCUT2D eigenvalue weighted by Gasteiger charge is 2.00. The molecule has 1 aromatic carbocycles. The Balaban J connectivity index is 2.04. The van der Waals surface area contributed by atoms with Crippen LogP contribution in [0, 0.1) is 5.82 Å². The fourth-order valence-corrected chi connectivity index (χ4v) is 1.78. The van der Waals surface area contributed by atoms with Crippen molar-refractivity contribution in [1.82, 2.24) is 15.5 Å². The molecule has 0 radical (unpaired) electrons. The molecule has 5 heteroatoms. The quantitative estimate of drug-likeness (QED) is 0.664. The van der Waals surface area contributed by atoms with Crippen LogP contribution in [0.5, 0.6) is 0 Å². The van der Waals surface area contributed by atoms with Crippen LogP contribution in [0.1, 0.15) is 12.0 Å². The third kappa shape index (κ3) is 7.86. The molecule has 0 heterocycles. The third-order valence-corrected chi connectivity index (χ3v) is 2.89. The topological polar surface area (TPSA) is 44.4 Å². The number of hydrogen-bond donors (Lipinski definition) is 2. The second-order valence-corrected chi connectivity index (χ2v) is 5.06. The summed E-state index contributed by atoms with van der Waals surface area (Å²) in [6.07, 6.45) is 1.74. The molecule has 20 heavy (non-hydrogen) atoms. The normalized spacial score (nSPS) is 10.8. The van der Waals surface area contributed by atoms with Crippen molar-refractivity contribution < 1.29 is 9.18 Å². The summed E-state index contributed by atoms with van der Waals surface area (Å²) in [6, 6.07) is 6.34. The standard InChI is InChI=1S/C15H24FN3O/c1-19(2)11-3-9-17-12-15(20)18-10-8-13-4-6-14(16)7-5-13/h4-7,17H,3,8-12H2,1-2H3,(H,18,20). The maximum absolute atomic E-state index is 12.7. The van der Waals surface area contributed by atoms with E-state index < -0.39 is 0 Å². The molecule has 0 saturated heterocycles. The van der Waals surface area contributed by atoms with Gasteiger partial charge in [0.15, 0.2) is 0 Å². The maximum Gasteiger partial charge on any atom is 0.233 e. The number of carbonyl (C=O) groups is 1. The molecule has 2 N–H and O–H groups in total. The van der Waals surface area contributed by atoms with Gasteiger partial charge in [-0.3, -0.25) is 4.79 Å². The molecule has 0 unspecified atom stereocenters. The lowest BCUT2D eigenvalue weighted by Gasteiger charge is -2.10. The molecule has 0 spiro atoms. The van der Waals surface area contributed by atoms with Crippen molar-refractivity contribution >= 4 is 5.91 Å². The van der Waals surface area contributed by atoms with Gasteiger partial charge in [0, 0.05) is 6.54 Å². The van der Waals surface area contributed by atoms with Crippen LogP contribution in [0.25, 0.3) is 0 Å². The van der Waals surface area contributed by atoms with E-state index in [0.717, 1.165) is 25.1 Å². The van der Waals surface area contributed by atoms with Gasteiger partial charge in [0.1, 0.15) is 5.82 Å². The van der Waals surface area contributed by atoms with Crippen LogP contribution < -0.4 is 10.6 Å². The summed E-state index contributed by atoms with van der Waals surface area (Å²) in [4.78, 5) is 13.7. The van der Waals surface area contributed by atoms with Crippen LogP contribution in [0.3, 0.4) is 0 Å². The lowest BCUT2D eigenvalue weighted by molar-refractivity contribution is -0.120. The second kappa shape index (κ2) is 9.44. The van der Waals surface area contributed by atoms with Gasteiger partial charge < -0.3 is 15.5 Å². The molecule has 0 aliphatic carbocycles. The van der Waals surface area contributed by atoms with Gasteiger partial charge in [-0.1, -0.05) is 12.1 Å². The monoisotopic (exact) mass is 281 g/mol. The summed E-state index contributed by atoms with van der Waals surface area (Å²) in [6.45, 7) is 2.77. The summed E-state index contributed by atoms with van der Waals surface area (Å²) in [7, 11) is 4.06. The zero-order valence-corrected chi connectivity index (χ0v) is 12.3. The fourth-order valence-electron chi connectivity index (χ4n) is 1.78. The predicted octanol–water partition coefficient (Wildman–Crippen LogP) is 1.03. The SMILES string of the molecule is CN(C)CCCNCC(=O)NCCc1ccc(F)cc1. The summed E-state index contributed by atoms with van der Waals surface area (Å²) in [5.74, 6) is -0.239. The number of nitrogens with zero attached hydrogens (tertiary/aromatic N) is 1. The molecular weight excluding hydrogens is 257 g/mol. The first-order valence-corrected chi connectivity index (χ1v) is 6.94. The Bertz CT molecular complexity index is 393. The van der Waals surface area contributed by atoms with Gasteiger partial charge in [-0.2, -0.15) is 0 Å². The molecule has 0 aliphatic rings. The van der Waals surface area contributed by atoms with Crippen LogP contribution in [0.15, 0.2) is 24.3 Å². The molecule has 0 atom stereocenters. The molecule has 112 valence electrons. The van der Waals surface area contributed by atoms with Crippen molar-refractivity contribution in [2.45, 2.75) is 12.8 Å². The molecule has 1 rings (SSSR count). The van der Waals surface area contributed by atoms with Gasteiger partial charge in [0.2, 0.25) is 5.91 Å². The Morgan fingerprint density at radius 2 is 1.90 bits per heavy atom. The van der Waals surface area contributed by atoms with Crippen molar-refractivity contribution in [3.8, 4) is 0 Å². The molecule has 1 aromatic rings. The van der Waals surface area contributed by atoms with E-state index in [1.54, 1.807) is 12.1 Å². The first-order chi connectivity index (χ1) is 9.58. The van der Waals surface area contributed by atoms with Gasteiger partial charge in [-0.05, 0) is 57.7 Å². The summed E-state index contributed by atoms with van der Waals surface area (Å²) in [5.41, 5.74) is 1.02. The van der Waals surface area contributed by atoms with Gasteiger partial charge in [0.25, 0.3) is 0 Å². The number of hydrogen-bond acceptors (Lipinski definition) is 3. The first-order valence-electron chi connectivity index (χ1n) is 6.94. The van der Waals surface area contributed by atoms with E-state index >= 15 is 0 Å². The van der Waals surface area contributed by atoms with E-state index in [4.69, 9.17) is 0 Å². The van der Waals surface area contributed by atoms with Crippen LogP contribution in [0.2, 0.25) is 0 Å². The highest BCUT2D eigenvalue weighted by molar-refractivity contribution is 5.77. The van der Waals surface area contributed by atoms with E-state index in [-0.39, 0.29) is 11.7 Å². The molecule has 0 fully saturated rings. The minimum absolute atomic E-state index is 0.00281. The summed E-state index contributed by atoms with van der Waals surface area (Å²) < 4.78 is 12.7. The molecule has 0 aliphatic heterocycles. The lowest BCUT2D eigenvalue weighted by Crippen LogP contribution is -2.35.